The summed E-state index contributed by atoms with van der Waals surface area (Å²) in [6.45, 7) is 6.05. The molecule has 32 heavy (non-hydrogen) atoms. The normalized spacial score (nSPS) is 12.1. The fourth-order valence-corrected chi connectivity index (χ4v) is 4.70. The molecule has 0 fully saturated rings. The molecular weight excluding hydrogens is 440 g/mol. The third kappa shape index (κ3) is 6.28. The molecule has 3 aromatic rings. The van der Waals surface area contributed by atoms with Crippen molar-refractivity contribution in [3.8, 4) is 0 Å². The van der Waals surface area contributed by atoms with E-state index in [1.54, 1.807) is 31.2 Å². The summed E-state index contributed by atoms with van der Waals surface area (Å²) in [6, 6.07) is 16.8. The molecule has 2 aromatic carbocycles. The van der Waals surface area contributed by atoms with Crippen LogP contribution in [0.2, 0.25) is 5.02 Å². The van der Waals surface area contributed by atoms with Gasteiger partial charge in [-0.25, -0.2) is 0 Å². The predicted molar refractivity (Wildman–Crippen MR) is 134 cm³/mol. The molecule has 0 aliphatic rings. The zero-order chi connectivity index (χ0) is 23.3. The number of ketones is 1. The van der Waals surface area contributed by atoms with Crippen molar-refractivity contribution in [3.63, 3.8) is 0 Å². The Morgan fingerprint density at radius 3 is 2.25 bits per heavy atom. The van der Waals surface area contributed by atoms with Crippen LogP contribution < -0.4 is 11.1 Å². The van der Waals surface area contributed by atoms with Gasteiger partial charge in [-0.1, -0.05) is 61.8 Å². The number of nitrogens with two attached hydrogens (primary N) is 1. The van der Waals surface area contributed by atoms with Crippen LogP contribution in [0.1, 0.15) is 52.7 Å². The zero-order valence-electron chi connectivity index (χ0n) is 18.7. The van der Waals surface area contributed by atoms with E-state index in [4.69, 9.17) is 17.3 Å². The predicted octanol–water partition coefficient (Wildman–Crippen LogP) is 5.90. The second-order valence-electron chi connectivity index (χ2n) is 8.46. The second kappa shape index (κ2) is 10.9. The van der Waals surface area contributed by atoms with Crippen LogP contribution in [-0.4, -0.2) is 17.7 Å². The highest BCUT2D eigenvalue weighted by Gasteiger charge is 2.22. The summed E-state index contributed by atoms with van der Waals surface area (Å²) < 4.78 is 0. The first-order valence-corrected chi connectivity index (χ1v) is 12.0. The molecule has 0 bridgehead atoms. The molecule has 0 spiro atoms. The molecular formula is C26H29ClN2O2S. The molecule has 0 saturated heterocycles. The Morgan fingerprint density at radius 2 is 1.62 bits per heavy atom. The standard InChI is InChI=1S/C26H29ClN2O2S/c1-16(2)14-19-10-8-18(9-11-19)12-13-20-15-22(26(32-20)29-25(31)17(3)28)24(30)21-6-4-5-7-23(21)27/h4-11,15-17H,12-14,28H2,1-3H3,(H,29,31). The lowest BCUT2D eigenvalue weighted by Crippen LogP contribution is -2.32. The maximum atomic E-state index is 13.2. The highest BCUT2D eigenvalue weighted by Crippen LogP contribution is 2.32. The van der Waals surface area contributed by atoms with Crippen molar-refractivity contribution in [2.24, 2.45) is 11.7 Å². The van der Waals surface area contributed by atoms with Crippen molar-refractivity contribution in [3.05, 3.63) is 86.8 Å². The third-order valence-electron chi connectivity index (χ3n) is 5.12. The van der Waals surface area contributed by atoms with E-state index in [9.17, 15) is 9.59 Å². The lowest BCUT2D eigenvalue weighted by Gasteiger charge is -2.08. The topological polar surface area (TPSA) is 72.2 Å². The van der Waals surface area contributed by atoms with Crippen molar-refractivity contribution in [1.82, 2.24) is 0 Å². The van der Waals surface area contributed by atoms with Crippen molar-refractivity contribution in [2.75, 3.05) is 5.32 Å². The quantitative estimate of drug-likeness (QED) is 0.384. The van der Waals surface area contributed by atoms with Crippen molar-refractivity contribution < 1.29 is 9.59 Å². The van der Waals surface area contributed by atoms with Gasteiger partial charge >= 0.3 is 0 Å². The van der Waals surface area contributed by atoms with E-state index in [-0.39, 0.29) is 11.7 Å². The van der Waals surface area contributed by atoms with Gasteiger partial charge in [0.05, 0.1) is 16.6 Å². The fourth-order valence-electron chi connectivity index (χ4n) is 3.42. The van der Waals surface area contributed by atoms with Crippen molar-refractivity contribution in [2.45, 2.75) is 46.1 Å². The molecule has 0 aliphatic heterocycles. The molecule has 0 saturated carbocycles. The van der Waals surface area contributed by atoms with Crippen LogP contribution in [0.3, 0.4) is 0 Å². The van der Waals surface area contributed by atoms with Gasteiger partial charge in [-0.2, -0.15) is 0 Å². The molecule has 1 heterocycles. The number of amides is 1. The van der Waals surface area contributed by atoms with Gasteiger partial charge < -0.3 is 11.1 Å². The highest BCUT2D eigenvalue weighted by atomic mass is 35.5. The third-order valence-corrected chi connectivity index (χ3v) is 6.56. The summed E-state index contributed by atoms with van der Waals surface area (Å²) in [5, 5.41) is 3.71. The number of anilines is 1. The van der Waals surface area contributed by atoms with Gasteiger partial charge in [-0.3, -0.25) is 9.59 Å². The van der Waals surface area contributed by atoms with Gasteiger partial charge in [0.25, 0.3) is 0 Å². The number of hydrogen-bond acceptors (Lipinski definition) is 4. The van der Waals surface area contributed by atoms with Gasteiger partial charge in [-0.05, 0) is 61.4 Å². The molecule has 1 atom stereocenters. The Bertz CT molecular complexity index is 1090. The number of carbonyl (C=O) groups excluding carboxylic acids is 2. The smallest absolute Gasteiger partial charge is 0.241 e. The zero-order valence-corrected chi connectivity index (χ0v) is 20.2. The summed E-state index contributed by atoms with van der Waals surface area (Å²) in [7, 11) is 0. The number of carbonyl (C=O) groups is 2. The van der Waals surface area contributed by atoms with E-state index >= 15 is 0 Å². The number of halogens is 1. The molecule has 3 rings (SSSR count). The second-order valence-corrected chi connectivity index (χ2v) is 10.0. The molecule has 1 amide bonds. The number of hydrogen-bond donors (Lipinski definition) is 2. The first-order valence-electron chi connectivity index (χ1n) is 10.8. The number of nitrogens with one attached hydrogen (secondary N) is 1. The molecule has 1 unspecified atom stereocenters. The summed E-state index contributed by atoms with van der Waals surface area (Å²) >= 11 is 7.66. The van der Waals surface area contributed by atoms with Crippen LogP contribution in [0.4, 0.5) is 5.00 Å². The number of benzene rings is 2. The maximum Gasteiger partial charge on any atom is 0.241 e. The minimum absolute atomic E-state index is 0.212. The number of thiophene rings is 1. The fraction of sp³-hybridized carbons (Fsp3) is 0.308. The van der Waals surface area contributed by atoms with Crippen LogP contribution in [0.5, 0.6) is 0 Å². The average molecular weight is 469 g/mol. The molecule has 0 radical (unpaired) electrons. The van der Waals surface area contributed by atoms with Crippen molar-refractivity contribution in [1.29, 1.82) is 0 Å². The van der Waals surface area contributed by atoms with Crippen molar-refractivity contribution >= 4 is 39.6 Å². The Hall–Kier alpha value is -2.47. The summed E-state index contributed by atoms with van der Waals surface area (Å²) in [5.74, 6) is 0.0920. The Balaban J connectivity index is 1.81. The van der Waals surface area contributed by atoms with Gasteiger partial charge in [0.1, 0.15) is 5.00 Å². The minimum atomic E-state index is -0.673. The molecule has 3 N–H and O–H groups in total. The molecule has 1 aromatic heterocycles. The lowest BCUT2D eigenvalue weighted by atomic mass is 10.00. The average Bonchev–Trinajstić information content (AvgIpc) is 3.15. The van der Waals surface area contributed by atoms with E-state index in [2.05, 4.69) is 43.4 Å². The summed E-state index contributed by atoms with van der Waals surface area (Å²) in [5.41, 5.74) is 9.15. The van der Waals surface area contributed by atoms with Gasteiger partial charge in [0, 0.05) is 10.4 Å². The maximum absolute atomic E-state index is 13.2. The molecule has 4 nitrogen and oxygen atoms in total. The first kappa shape index (κ1) is 24.2. The van der Waals surface area contributed by atoms with E-state index in [1.807, 2.05) is 6.07 Å². The minimum Gasteiger partial charge on any atom is -0.320 e. The van der Waals surface area contributed by atoms with Crippen LogP contribution in [0, 0.1) is 5.92 Å². The van der Waals surface area contributed by atoms with E-state index in [0.717, 1.165) is 24.1 Å². The number of rotatable bonds is 9. The number of aryl methyl sites for hydroxylation is 2. The Labute approximate surface area is 198 Å². The van der Waals surface area contributed by atoms with Crippen LogP contribution >= 0.6 is 22.9 Å². The largest absolute Gasteiger partial charge is 0.320 e. The molecule has 0 aliphatic carbocycles. The van der Waals surface area contributed by atoms with Crippen LogP contribution in [0.15, 0.2) is 54.6 Å². The van der Waals surface area contributed by atoms with Crippen LogP contribution in [0.25, 0.3) is 0 Å². The monoisotopic (exact) mass is 468 g/mol. The molecule has 168 valence electrons. The molecule has 6 heteroatoms. The van der Waals surface area contributed by atoms with E-state index in [0.29, 0.717) is 27.1 Å². The van der Waals surface area contributed by atoms with Gasteiger partial charge in [0.15, 0.2) is 5.78 Å². The highest BCUT2D eigenvalue weighted by molar-refractivity contribution is 7.16. The summed E-state index contributed by atoms with van der Waals surface area (Å²) in [6.07, 6.45) is 2.69. The van der Waals surface area contributed by atoms with Crippen LogP contribution in [-0.2, 0) is 24.1 Å². The Morgan fingerprint density at radius 1 is 0.969 bits per heavy atom. The van der Waals surface area contributed by atoms with E-state index in [1.165, 1.54) is 22.5 Å². The first-order chi connectivity index (χ1) is 15.2. The lowest BCUT2D eigenvalue weighted by molar-refractivity contribution is -0.117. The van der Waals surface area contributed by atoms with Gasteiger partial charge in [-0.15, -0.1) is 11.3 Å². The summed E-state index contributed by atoms with van der Waals surface area (Å²) in [4.78, 5) is 26.4. The Kier molecular flexibility index (Phi) is 8.24. The van der Waals surface area contributed by atoms with Gasteiger partial charge in [0.2, 0.25) is 5.91 Å². The SMILES string of the molecule is CC(C)Cc1ccc(CCc2cc(C(=O)c3ccccc3Cl)c(NC(=O)C(C)N)s2)cc1. The van der Waals surface area contributed by atoms with E-state index < -0.39 is 6.04 Å².